The van der Waals surface area contributed by atoms with Crippen LogP contribution < -0.4 is 0 Å². The van der Waals surface area contributed by atoms with Crippen LogP contribution >= 0.6 is 0 Å². The van der Waals surface area contributed by atoms with Gasteiger partial charge in [-0.15, -0.1) is 0 Å². The van der Waals surface area contributed by atoms with E-state index in [4.69, 9.17) is 4.74 Å². The third-order valence-electron chi connectivity index (χ3n) is 6.21. The third-order valence-corrected chi connectivity index (χ3v) is 6.21. The van der Waals surface area contributed by atoms with Gasteiger partial charge < -0.3 is 4.74 Å². The van der Waals surface area contributed by atoms with Crippen LogP contribution in [0.5, 0.6) is 0 Å². The summed E-state index contributed by atoms with van der Waals surface area (Å²) in [6, 6.07) is 0. The van der Waals surface area contributed by atoms with E-state index in [9.17, 15) is 0 Å². The Kier molecular flexibility index (Phi) is 2.11. The Bertz CT molecular complexity index is 309. The Balaban J connectivity index is 2.04. The van der Waals surface area contributed by atoms with Gasteiger partial charge in [0.25, 0.3) is 0 Å². The van der Waals surface area contributed by atoms with Gasteiger partial charge >= 0.3 is 0 Å². The van der Waals surface area contributed by atoms with Crippen LogP contribution in [0.25, 0.3) is 0 Å². The maximum Gasteiger partial charge on any atom is 0.0772 e. The second kappa shape index (κ2) is 3.04. The Morgan fingerprint density at radius 3 is 2.56 bits per heavy atom. The fourth-order valence-electron chi connectivity index (χ4n) is 4.99. The average molecular weight is 222 g/mol. The van der Waals surface area contributed by atoms with Gasteiger partial charge in [0.15, 0.2) is 0 Å². The van der Waals surface area contributed by atoms with Crippen LogP contribution in [0.3, 0.4) is 0 Å². The van der Waals surface area contributed by atoms with Crippen molar-refractivity contribution in [2.75, 3.05) is 0 Å². The minimum Gasteiger partial charge on any atom is -0.368 e. The van der Waals surface area contributed by atoms with E-state index in [2.05, 4.69) is 27.7 Å². The molecule has 0 aromatic rings. The molecule has 0 amide bonds. The van der Waals surface area contributed by atoms with Crippen LogP contribution in [0.2, 0.25) is 0 Å². The molecule has 1 aliphatic heterocycles. The highest BCUT2D eigenvalue weighted by atomic mass is 16.5. The quantitative estimate of drug-likeness (QED) is 0.598. The molecule has 2 aliphatic carbocycles. The third kappa shape index (κ3) is 1.16. The zero-order chi connectivity index (χ0) is 11.6. The number of fused-ring (bicyclic) bond motifs is 1. The Morgan fingerprint density at radius 2 is 1.81 bits per heavy atom. The van der Waals surface area contributed by atoms with E-state index in [0.717, 1.165) is 11.8 Å². The molecule has 4 atom stereocenters. The standard InChI is InChI=1S/C15H26O/c1-11-6-5-8-14(4)9-7-12-10-15(11,14)16-13(12,2)3/h11-12H,5-10H2,1-4H3/t11-,12-,14-,15+/m0/s1. The van der Waals surface area contributed by atoms with Crippen molar-refractivity contribution in [2.24, 2.45) is 17.3 Å². The number of ether oxygens (including phenoxy) is 1. The molecule has 0 aromatic heterocycles. The van der Waals surface area contributed by atoms with E-state index >= 15 is 0 Å². The van der Waals surface area contributed by atoms with Gasteiger partial charge in [-0.3, -0.25) is 0 Å². The predicted octanol–water partition coefficient (Wildman–Crippen LogP) is 4.16. The molecule has 2 bridgehead atoms. The van der Waals surface area contributed by atoms with Crippen molar-refractivity contribution < 1.29 is 4.74 Å². The van der Waals surface area contributed by atoms with Crippen LogP contribution in [-0.2, 0) is 4.74 Å². The summed E-state index contributed by atoms with van der Waals surface area (Å²) in [5.74, 6) is 1.57. The van der Waals surface area contributed by atoms with E-state index in [1.54, 1.807) is 0 Å². The summed E-state index contributed by atoms with van der Waals surface area (Å²) in [5.41, 5.74) is 0.815. The zero-order valence-electron chi connectivity index (χ0n) is 11.3. The summed E-state index contributed by atoms with van der Waals surface area (Å²) >= 11 is 0. The van der Waals surface area contributed by atoms with Crippen molar-refractivity contribution in [1.29, 1.82) is 0 Å². The van der Waals surface area contributed by atoms with Crippen LogP contribution in [0, 0.1) is 17.3 Å². The minimum absolute atomic E-state index is 0.128. The average Bonchev–Trinajstić information content (AvgIpc) is 2.42. The minimum atomic E-state index is 0.128. The molecule has 1 nitrogen and oxygen atoms in total. The van der Waals surface area contributed by atoms with Gasteiger partial charge in [-0.2, -0.15) is 0 Å². The van der Waals surface area contributed by atoms with Gasteiger partial charge in [0.2, 0.25) is 0 Å². The van der Waals surface area contributed by atoms with Crippen molar-refractivity contribution in [1.82, 2.24) is 0 Å². The van der Waals surface area contributed by atoms with E-state index in [0.29, 0.717) is 5.41 Å². The molecule has 16 heavy (non-hydrogen) atoms. The lowest BCUT2D eigenvalue weighted by atomic mass is 9.53. The van der Waals surface area contributed by atoms with Crippen LogP contribution in [0.1, 0.15) is 66.2 Å². The molecule has 0 N–H and O–H groups in total. The van der Waals surface area contributed by atoms with Gasteiger partial charge in [0.1, 0.15) is 0 Å². The summed E-state index contributed by atoms with van der Waals surface area (Å²) in [6.45, 7) is 9.57. The van der Waals surface area contributed by atoms with E-state index in [1.807, 2.05) is 0 Å². The highest BCUT2D eigenvalue weighted by Crippen LogP contribution is 2.65. The first-order chi connectivity index (χ1) is 7.40. The van der Waals surface area contributed by atoms with Crippen LogP contribution in [0.15, 0.2) is 0 Å². The Labute approximate surface area is 99.9 Å². The van der Waals surface area contributed by atoms with E-state index < -0.39 is 0 Å². The molecular weight excluding hydrogens is 196 g/mol. The van der Waals surface area contributed by atoms with E-state index in [-0.39, 0.29) is 11.2 Å². The molecule has 3 fully saturated rings. The lowest BCUT2D eigenvalue weighted by molar-refractivity contribution is -0.192. The fraction of sp³-hybridized carbons (Fsp3) is 1.00. The Hall–Kier alpha value is -0.0400. The van der Waals surface area contributed by atoms with Crippen LogP contribution in [-0.4, -0.2) is 11.2 Å². The van der Waals surface area contributed by atoms with Crippen molar-refractivity contribution >= 4 is 0 Å². The summed E-state index contributed by atoms with van der Waals surface area (Å²) in [4.78, 5) is 0. The molecule has 1 spiro atoms. The normalized spacial score (nSPS) is 54.8. The molecule has 92 valence electrons. The first-order valence-corrected chi connectivity index (χ1v) is 7.10. The summed E-state index contributed by atoms with van der Waals surface area (Å²) in [5, 5.41) is 0. The molecule has 1 heteroatoms. The highest BCUT2D eigenvalue weighted by Gasteiger charge is 2.65. The molecule has 1 heterocycles. The van der Waals surface area contributed by atoms with Crippen molar-refractivity contribution in [3.8, 4) is 0 Å². The smallest absolute Gasteiger partial charge is 0.0772 e. The lowest BCUT2D eigenvalue weighted by Crippen LogP contribution is -2.55. The molecular formula is C15H26O. The van der Waals surface area contributed by atoms with E-state index in [1.165, 1.54) is 38.5 Å². The number of rotatable bonds is 0. The van der Waals surface area contributed by atoms with Gasteiger partial charge in [0, 0.05) is 0 Å². The Morgan fingerprint density at radius 1 is 1.06 bits per heavy atom. The molecule has 2 saturated carbocycles. The zero-order valence-corrected chi connectivity index (χ0v) is 11.3. The fourth-order valence-corrected chi connectivity index (χ4v) is 4.99. The number of hydrogen-bond donors (Lipinski definition) is 0. The maximum atomic E-state index is 6.68. The lowest BCUT2D eigenvalue weighted by Gasteiger charge is -2.55. The monoisotopic (exact) mass is 222 g/mol. The number of hydrogen-bond acceptors (Lipinski definition) is 1. The topological polar surface area (TPSA) is 9.23 Å². The molecule has 0 radical (unpaired) electrons. The van der Waals surface area contributed by atoms with Crippen molar-refractivity contribution in [3.63, 3.8) is 0 Å². The van der Waals surface area contributed by atoms with Gasteiger partial charge in [0.05, 0.1) is 11.2 Å². The second-order valence-electron chi connectivity index (χ2n) is 7.39. The molecule has 3 aliphatic rings. The molecule has 0 aromatic carbocycles. The first-order valence-electron chi connectivity index (χ1n) is 7.10. The summed E-state index contributed by atoms with van der Waals surface area (Å²) in [6.07, 6.45) is 8.29. The predicted molar refractivity (Wildman–Crippen MR) is 66.4 cm³/mol. The SMILES string of the molecule is C[C@H]1CCC[C@@]2(C)CC[C@H]3C[C@@]12OC3(C)C. The van der Waals surface area contributed by atoms with Crippen molar-refractivity contribution in [2.45, 2.75) is 77.4 Å². The highest BCUT2D eigenvalue weighted by molar-refractivity contribution is 5.14. The first kappa shape index (κ1) is 11.1. The summed E-state index contributed by atoms with van der Waals surface area (Å²) < 4.78 is 6.68. The van der Waals surface area contributed by atoms with Gasteiger partial charge in [-0.05, 0) is 63.2 Å². The van der Waals surface area contributed by atoms with Crippen LogP contribution in [0.4, 0.5) is 0 Å². The molecule has 3 rings (SSSR count). The maximum absolute atomic E-state index is 6.68. The summed E-state index contributed by atoms with van der Waals surface area (Å²) in [7, 11) is 0. The van der Waals surface area contributed by atoms with Crippen molar-refractivity contribution in [3.05, 3.63) is 0 Å². The largest absolute Gasteiger partial charge is 0.368 e. The second-order valence-corrected chi connectivity index (χ2v) is 7.39. The molecule has 0 unspecified atom stereocenters. The van der Waals surface area contributed by atoms with Gasteiger partial charge in [-0.25, -0.2) is 0 Å². The van der Waals surface area contributed by atoms with Gasteiger partial charge in [-0.1, -0.05) is 20.3 Å². The molecule has 1 saturated heterocycles.